The average molecular weight is 471 g/mol. The van der Waals surface area contributed by atoms with Crippen molar-refractivity contribution in [3.05, 3.63) is 121 Å². The van der Waals surface area contributed by atoms with E-state index in [0.29, 0.717) is 19.4 Å². The summed E-state index contributed by atoms with van der Waals surface area (Å²) in [4.78, 5) is 11.3. The van der Waals surface area contributed by atoms with E-state index in [1.165, 1.54) is 28.6 Å². The Morgan fingerprint density at radius 2 is 1.15 bits per heavy atom. The van der Waals surface area contributed by atoms with Crippen LogP contribution in [0.4, 0.5) is 0 Å². The van der Waals surface area contributed by atoms with Gasteiger partial charge < -0.3 is 0 Å². The van der Waals surface area contributed by atoms with Crippen molar-refractivity contribution in [1.29, 1.82) is 0 Å². The Hall–Kier alpha value is -3.42. The van der Waals surface area contributed by atoms with Crippen LogP contribution in [0.15, 0.2) is 115 Å². The fraction of sp³-hybridized carbons (Fsp3) is 0.167. The molecule has 0 saturated heterocycles. The predicted molar refractivity (Wildman–Crippen MR) is 143 cm³/mol. The molecule has 4 aromatic carbocycles. The van der Waals surface area contributed by atoms with Crippen LogP contribution < -0.4 is 20.7 Å². The van der Waals surface area contributed by atoms with E-state index in [1.807, 2.05) is 12.1 Å². The Balaban J connectivity index is 1.65. The molecule has 4 aromatic rings. The first-order chi connectivity index (χ1) is 16.7. The number of rotatable bonds is 10. The van der Waals surface area contributed by atoms with Crippen LogP contribution in [-0.2, 0) is 15.7 Å². The number of carbonyl (C=O) groups excluding carboxylic acids is 1. The Morgan fingerprint density at radius 1 is 0.676 bits per heavy atom. The molecule has 174 valence electrons. The van der Waals surface area contributed by atoms with Crippen molar-refractivity contribution in [1.82, 2.24) is 0 Å². The third-order valence-electron chi connectivity index (χ3n) is 6.21. The van der Waals surface area contributed by atoms with Crippen molar-refractivity contribution in [2.24, 2.45) is 0 Å². The van der Waals surface area contributed by atoms with Gasteiger partial charge in [0.1, 0.15) is 0 Å². The van der Waals surface area contributed by atoms with Crippen LogP contribution in [0.3, 0.4) is 0 Å². The van der Waals surface area contributed by atoms with Crippen molar-refractivity contribution in [3.63, 3.8) is 0 Å². The van der Waals surface area contributed by atoms with Crippen molar-refractivity contribution >= 4 is 29.1 Å². The van der Waals surface area contributed by atoms with Gasteiger partial charge in [0.05, 0.1) is 0 Å². The number of methoxy groups -OCH3 is 1. The number of benzene rings is 4. The van der Waals surface area contributed by atoms with Gasteiger partial charge in [-0.3, -0.25) is 0 Å². The zero-order valence-electron chi connectivity index (χ0n) is 19.5. The summed E-state index contributed by atoms with van der Waals surface area (Å²) in [5.41, 5.74) is 1.28. The number of hydrogen-bond donors (Lipinski definition) is 0. The van der Waals surface area contributed by atoms with E-state index in [1.54, 1.807) is 0 Å². The molecule has 0 bridgehead atoms. The van der Waals surface area contributed by atoms with Crippen molar-refractivity contribution < 1.29 is 14.3 Å². The van der Waals surface area contributed by atoms with Gasteiger partial charge in [0.2, 0.25) is 0 Å². The summed E-state index contributed by atoms with van der Waals surface area (Å²) in [7, 11) is -0.914. The summed E-state index contributed by atoms with van der Waals surface area (Å²) >= 11 is 0. The van der Waals surface area contributed by atoms with Gasteiger partial charge in [-0.05, 0) is 0 Å². The molecule has 0 atom stereocenters. The van der Waals surface area contributed by atoms with Gasteiger partial charge in [-0.1, -0.05) is 0 Å². The van der Waals surface area contributed by atoms with Gasteiger partial charge >= 0.3 is 203 Å². The first-order valence-electron chi connectivity index (χ1n) is 11.7. The Kier molecular flexibility index (Phi) is 8.12. The third-order valence-corrected chi connectivity index (χ3v) is 11.1. The summed E-state index contributed by atoms with van der Waals surface area (Å²) < 4.78 is 10.5. The van der Waals surface area contributed by atoms with Gasteiger partial charge in [-0.2, -0.15) is 0 Å². The molecule has 0 fully saturated rings. The fourth-order valence-corrected chi connectivity index (χ4v) is 9.24. The van der Waals surface area contributed by atoms with Gasteiger partial charge in [0, 0.05) is 0 Å². The van der Waals surface area contributed by atoms with Crippen LogP contribution in [0.2, 0.25) is 0 Å². The fourth-order valence-electron chi connectivity index (χ4n) is 4.49. The van der Waals surface area contributed by atoms with Crippen molar-refractivity contribution in [2.75, 3.05) is 13.7 Å². The minimum absolute atomic E-state index is 0.206. The molecular weight excluding hydrogens is 439 g/mol. The summed E-state index contributed by atoms with van der Waals surface area (Å²) in [6.45, 7) is 0.491. The number of esters is 1. The maximum absolute atomic E-state index is 11.3. The van der Waals surface area contributed by atoms with Crippen LogP contribution in [0, 0.1) is 0 Å². The van der Waals surface area contributed by atoms with Crippen LogP contribution in [0.5, 0.6) is 5.75 Å². The van der Waals surface area contributed by atoms with Crippen molar-refractivity contribution in [2.45, 2.75) is 19.0 Å². The van der Waals surface area contributed by atoms with Crippen LogP contribution in [0.1, 0.15) is 18.4 Å². The molecule has 0 aromatic heterocycles. The molecule has 0 unspecified atom stereocenters. The normalized spacial score (nSPS) is 11.6. The molecule has 3 nitrogen and oxygen atoms in total. The van der Waals surface area contributed by atoms with Crippen LogP contribution in [0.25, 0.3) is 0 Å². The molecule has 0 amide bonds. The second kappa shape index (κ2) is 11.6. The molecular formula is C30H31O3P. The van der Waals surface area contributed by atoms with E-state index in [2.05, 4.69) is 108 Å². The first-order valence-corrected chi connectivity index (χ1v) is 13.9. The van der Waals surface area contributed by atoms with Gasteiger partial charge in [-0.25, -0.2) is 0 Å². The minimum atomic E-state index is -2.32. The monoisotopic (exact) mass is 470 g/mol. The van der Waals surface area contributed by atoms with Gasteiger partial charge in [0.25, 0.3) is 0 Å². The zero-order chi connectivity index (χ0) is 23.6. The third kappa shape index (κ3) is 5.55. The van der Waals surface area contributed by atoms with Crippen molar-refractivity contribution in [3.8, 4) is 5.75 Å². The average Bonchev–Trinajstić information content (AvgIpc) is 2.92. The Bertz CT molecular complexity index is 1060. The number of carbonyl (C=O) groups is 1. The standard InChI is InChI=1S/C30H31O3P/c1-32-30(31)18-11-23-33-26-21-19-25(20-22-26)24-34(27-12-5-2-6-13-27,28-14-7-3-8-15-28)29-16-9-4-10-17-29/h2-10,12-17,19-22,34H,11,18,23-24H2,1H3. The molecule has 0 spiro atoms. The van der Waals surface area contributed by atoms with Gasteiger partial charge in [0.15, 0.2) is 0 Å². The first kappa shape index (κ1) is 23.7. The molecule has 4 rings (SSSR count). The van der Waals surface area contributed by atoms with Crippen LogP contribution >= 0.6 is 7.26 Å². The molecule has 0 aliphatic heterocycles. The molecule has 0 heterocycles. The molecule has 4 heteroatoms. The zero-order valence-corrected chi connectivity index (χ0v) is 20.5. The molecule has 0 N–H and O–H groups in total. The summed E-state index contributed by atoms with van der Waals surface area (Å²) in [5, 5.41) is 4.20. The Morgan fingerprint density at radius 3 is 1.59 bits per heavy atom. The quantitative estimate of drug-likeness (QED) is 0.181. The van der Waals surface area contributed by atoms with Crippen LogP contribution in [-0.4, -0.2) is 19.7 Å². The molecule has 0 radical (unpaired) electrons. The van der Waals surface area contributed by atoms with E-state index in [9.17, 15) is 4.79 Å². The number of hydrogen-bond acceptors (Lipinski definition) is 3. The predicted octanol–water partition coefficient (Wildman–Crippen LogP) is 5.25. The topological polar surface area (TPSA) is 35.5 Å². The molecule has 0 aliphatic rings. The SMILES string of the molecule is COC(=O)CCCOc1ccc(C[PH](c2ccccc2)(c2ccccc2)c2ccccc2)cc1. The molecule has 0 saturated carbocycles. The van der Waals surface area contributed by atoms with Gasteiger partial charge in [-0.15, -0.1) is 0 Å². The van der Waals surface area contributed by atoms with E-state index in [4.69, 9.17) is 4.74 Å². The number of ether oxygens (including phenoxy) is 2. The van der Waals surface area contributed by atoms with E-state index in [-0.39, 0.29) is 5.97 Å². The second-order valence-electron chi connectivity index (χ2n) is 8.35. The summed E-state index contributed by atoms with van der Waals surface area (Å²) in [6, 6.07) is 41.3. The molecule has 34 heavy (non-hydrogen) atoms. The summed E-state index contributed by atoms with van der Waals surface area (Å²) in [6.07, 6.45) is 1.96. The Labute approximate surface area is 202 Å². The molecule has 0 aliphatic carbocycles. The van der Waals surface area contributed by atoms with E-state index < -0.39 is 7.26 Å². The second-order valence-corrected chi connectivity index (χ2v) is 12.2. The van der Waals surface area contributed by atoms with E-state index in [0.717, 1.165) is 11.9 Å². The summed E-state index contributed by atoms with van der Waals surface area (Å²) in [5.74, 6) is 0.614. The van der Waals surface area contributed by atoms with E-state index >= 15 is 0 Å². The maximum atomic E-state index is 11.3.